The molecule has 0 saturated carbocycles. The van der Waals surface area contributed by atoms with Gasteiger partial charge in [-0.2, -0.15) is 5.26 Å². The Morgan fingerprint density at radius 1 is 0.970 bits per heavy atom. The van der Waals surface area contributed by atoms with Crippen LogP contribution in [0.4, 0.5) is 5.69 Å². The molecule has 3 aromatic rings. The molecular formula is C26H24Cl3N3O. The molecule has 1 fully saturated rings. The van der Waals surface area contributed by atoms with Crippen LogP contribution in [0.2, 0.25) is 15.1 Å². The van der Waals surface area contributed by atoms with Crippen LogP contribution in [0.3, 0.4) is 0 Å². The predicted octanol–water partition coefficient (Wildman–Crippen LogP) is 6.77. The fourth-order valence-corrected chi connectivity index (χ4v) is 5.05. The lowest BCUT2D eigenvalue weighted by molar-refractivity contribution is 0.0758. The average Bonchev–Trinajstić information content (AvgIpc) is 2.83. The Morgan fingerprint density at radius 3 is 2.30 bits per heavy atom. The molecule has 1 aliphatic heterocycles. The summed E-state index contributed by atoms with van der Waals surface area (Å²) >= 11 is 18.9. The molecule has 0 spiro atoms. The molecule has 7 heteroatoms. The molecule has 1 heterocycles. The first-order valence-electron chi connectivity index (χ1n) is 10.7. The number of rotatable bonds is 6. The maximum Gasteiger partial charge on any atom is 0.0991 e. The lowest BCUT2D eigenvalue weighted by atomic mass is 9.97. The van der Waals surface area contributed by atoms with E-state index < -0.39 is 0 Å². The molecule has 1 aliphatic rings. The van der Waals surface area contributed by atoms with Gasteiger partial charge in [-0.15, -0.1) is 0 Å². The summed E-state index contributed by atoms with van der Waals surface area (Å²) in [5.74, 6) is 0. The van der Waals surface area contributed by atoms with Gasteiger partial charge in [-0.3, -0.25) is 4.90 Å². The van der Waals surface area contributed by atoms with Crippen molar-refractivity contribution in [1.82, 2.24) is 4.90 Å². The van der Waals surface area contributed by atoms with Gasteiger partial charge in [0.15, 0.2) is 0 Å². The summed E-state index contributed by atoms with van der Waals surface area (Å²) in [4.78, 5) is 4.77. The van der Waals surface area contributed by atoms with Crippen LogP contribution in [0.1, 0.15) is 28.8 Å². The van der Waals surface area contributed by atoms with E-state index in [-0.39, 0.29) is 12.1 Å². The Bertz CT molecular complexity index is 1130. The number of halogens is 3. The molecule has 0 aliphatic carbocycles. The molecule has 0 aromatic heterocycles. The van der Waals surface area contributed by atoms with E-state index in [0.29, 0.717) is 27.2 Å². The van der Waals surface area contributed by atoms with Gasteiger partial charge in [0.05, 0.1) is 41.0 Å². The summed E-state index contributed by atoms with van der Waals surface area (Å²) in [6.45, 7) is 2.94. The highest BCUT2D eigenvalue weighted by Gasteiger charge is 2.33. The van der Waals surface area contributed by atoms with E-state index in [1.165, 1.54) is 0 Å². The first-order chi connectivity index (χ1) is 16.0. The summed E-state index contributed by atoms with van der Waals surface area (Å²) in [5, 5.41) is 11.1. The molecule has 4 nitrogen and oxygen atoms in total. The van der Waals surface area contributed by atoms with Crippen molar-refractivity contribution in [3.8, 4) is 6.07 Å². The molecule has 170 valence electrons. The van der Waals surface area contributed by atoms with Gasteiger partial charge in [0.2, 0.25) is 0 Å². The van der Waals surface area contributed by atoms with Gasteiger partial charge in [-0.1, -0.05) is 59.1 Å². The highest BCUT2D eigenvalue weighted by molar-refractivity contribution is 6.36. The first-order valence-corrected chi connectivity index (χ1v) is 11.8. The molecule has 0 unspecified atom stereocenters. The monoisotopic (exact) mass is 499 g/mol. The molecule has 4 rings (SSSR count). The third kappa shape index (κ3) is 5.46. The third-order valence-electron chi connectivity index (χ3n) is 6.08. The Kier molecular flexibility index (Phi) is 7.80. The maximum absolute atomic E-state index is 9.16. The van der Waals surface area contributed by atoms with Crippen molar-refractivity contribution in [3.05, 3.63) is 98.5 Å². The van der Waals surface area contributed by atoms with Gasteiger partial charge in [0, 0.05) is 36.8 Å². The number of methoxy groups -OCH3 is 1. The summed E-state index contributed by atoms with van der Waals surface area (Å²) in [6.07, 6.45) is 0. The summed E-state index contributed by atoms with van der Waals surface area (Å²) in [6, 6.07) is 23.7. The quantitative estimate of drug-likeness (QED) is 0.374. The van der Waals surface area contributed by atoms with E-state index in [1.807, 2.05) is 48.5 Å². The van der Waals surface area contributed by atoms with Crippen LogP contribution in [0.15, 0.2) is 66.7 Å². The zero-order chi connectivity index (χ0) is 23.4. The highest BCUT2D eigenvalue weighted by atomic mass is 35.5. The van der Waals surface area contributed by atoms with E-state index in [2.05, 4.69) is 28.0 Å². The Labute approximate surface area is 209 Å². The molecule has 1 saturated heterocycles. The van der Waals surface area contributed by atoms with Crippen LogP contribution in [0, 0.1) is 11.3 Å². The minimum absolute atomic E-state index is 0.0624. The second kappa shape index (κ2) is 10.8. The molecular weight excluding hydrogens is 477 g/mol. The number of nitrogens with zero attached hydrogens (tertiary/aromatic N) is 3. The second-order valence-corrected chi connectivity index (χ2v) is 9.34. The highest BCUT2D eigenvalue weighted by Crippen LogP contribution is 2.38. The summed E-state index contributed by atoms with van der Waals surface area (Å²) in [7, 11) is 1.72. The van der Waals surface area contributed by atoms with Crippen LogP contribution in [0.5, 0.6) is 0 Å². The van der Waals surface area contributed by atoms with E-state index in [1.54, 1.807) is 13.2 Å². The van der Waals surface area contributed by atoms with Crippen molar-refractivity contribution in [1.29, 1.82) is 5.26 Å². The van der Waals surface area contributed by atoms with Crippen molar-refractivity contribution >= 4 is 40.5 Å². The van der Waals surface area contributed by atoms with Crippen LogP contribution in [-0.2, 0) is 4.74 Å². The molecule has 0 amide bonds. The molecule has 2 atom stereocenters. The van der Waals surface area contributed by atoms with Gasteiger partial charge in [-0.05, 0) is 53.6 Å². The van der Waals surface area contributed by atoms with E-state index in [4.69, 9.17) is 44.8 Å². The molecule has 33 heavy (non-hydrogen) atoms. The minimum atomic E-state index is 0.0624. The second-order valence-electron chi connectivity index (χ2n) is 8.06. The van der Waals surface area contributed by atoms with Crippen molar-refractivity contribution in [3.63, 3.8) is 0 Å². The van der Waals surface area contributed by atoms with Crippen molar-refractivity contribution < 1.29 is 4.74 Å². The number of hydrogen-bond donors (Lipinski definition) is 0. The standard InChI is InChI=1S/C26H24Cl3N3O/c1-33-17-26(20-4-2-18(15-30)3-5-20)31-12-13-32(24-11-10-22(28)14-23(24)29)25(16-31)19-6-8-21(27)9-7-19/h2-11,14,25-26H,12-13,16-17H2,1H3/t25-,26-/m0/s1. The molecule has 0 radical (unpaired) electrons. The van der Waals surface area contributed by atoms with Crippen molar-refractivity contribution in [2.75, 3.05) is 38.3 Å². The SMILES string of the molecule is COC[C@@H](c1ccc(C#N)cc1)N1CCN(c2ccc(Cl)cc2Cl)[C@H](c2ccc(Cl)cc2)C1. The zero-order valence-electron chi connectivity index (χ0n) is 18.2. The Morgan fingerprint density at radius 2 is 1.67 bits per heavy atom. The number of piperazine rings is 1. The number of hydrogen-bond acceptors (Lipinski definition) is 4. The van der Waals surface area contributed by atoms with Crippen LogP contribution in [-0.4, -0.2) is 38.3 Å². The van der Waals surface area contributed by atoms with Gasteiger partial charge in [0.1, 0.15) is 0 Å². The van der Waals surface area contributed by atoms with Crippen LogP contribution >= 0.6 is 34.8 Å². The number of anilines is 1. The van der Waals surface area contributed by atoms with Gasteiger partial charge in [-0.25, -0.2) is 0 Å². The van der Waals surface area contributed by atoms with Gasteiger partial charge in [0.25, 0.3) is 0 Å². The lowest BCUT2D eigenvalue weighted by Crippen LogP contribution is -2.50. The summed E-state index contributed by atoms with van der Waals surface area (Å²) < 4.78 is 5.60. The Balaban J connectivity index is 1.68. The molecule has 0 N–H and O–H groups in total. The van der Waals surface area contributed by atoms with E-state index >= 15 is 0 Å². The average molecular weight is 501 g/mol. The largest absolute Gasteiger partial charge is 0.383 e. The Hall–Kier alpha value is -2.26. The fourth-order valence-electron chi connectivity index (χ4n) is 4.41. The molecule has 0 bridgehead atoms. The van der Waals surface area contributed by atoms with Crippen LogP contribution in [0.25, 0.3) is 0 Å². The number of ether oxygens (including phenoxy) is 1. The third-order valence-corrected chi connectivity index (χ3v) is 6.87. The summed E-state index contributed by atoms with van der Waals surface area (Å²) in [5.41, 5.74) is 3.90. The van der Waals surface area contributed by atoms with Crippen molar-refractivity contribution in [2.24, 2.45) is 0 Å². The van der Waals surface area contributed by atoms with E-state index in [9.17, 15) is 0 Å². The maximum atomic E-state index is 9.16. The fraction of sp³-hybridized carbons (Fsp3) is 0.269. The zero-order valence-corrected chi connectivity index (χ0v) is 20.5. The smallest absolute Gasteiger partial charge is 0.0991 e. The topological polar surface area (TPSA) is 39.5 Å². The first kappa shape index (κ1) is 23.9. The number of benzene rings is 3. The molecule has 3 aromatic carbocycles. The lowest BCUT2D eigenvalue weighted by Gasteiger charge is -2.46. The van der Waals surface area contributed by atoms with Gasteiger partial charge < -0.3 is 9.64 Å². The van der Waals surface area contributed by atoms with Gasteiger partial charge >= 0.3 is 0 Å². The van der Waals surface area contributed by atoms with E-state index in [0.717, 1.165) is 36.4 Å². The van der Waals surface area contributed by atoms with Crippen molar-refractivity contribution in [2.45, 2.75) is 12.1 Å². The van der Waals surface area contributed by atoms with Crippen LogP contribution < -0.4 is 4.90 Å². The predicted molar refractivity (Wildman–Crippen MR) is 135 cm³/mol. The minimum Gasteiger partial charge on any atom is -0.383 e. The number of nitriles is 1. The normalized spacial score (nSPS) is 17.5.